The highest BCUT2D eigenvalue weighted by atomic mass is 16.4. The average Bonchev–Trinajstić information content (AvgIpc) is 2.96. The molecule has 7 heteroatoms. The third kappa shape index (κ3) is 2.48. The van der Waals surface area contributed by atoms with Crippen molar-refractivity contribution in [2.24, 2.45) is 0 Å². The van der Waals surface area contributed by atoms with Crippen molar-refractivity contribution < 1.29 is 9.90 Å². The van der Waals surface area contributed by atoms with Crippen LogP contribution in [0.5, 0.6) is 0 Å². The van der Waals surface area contributed by atoms with E-state index in [0.717, 1.165) is 23.9 Å². The molecule has 1 aliphatic rings. The number of aromatic nitrogens is 2. The lowest BCUT2D eigenvalue weighted by Crippen LogP contribution is -2.44. The smallest absolute Gasteiger partial charge is 0.407 e. The lowest BCUT2D eigenvalue weighted by atomic mass is 10.0. The lowest BCUT2D eigenvalue weighted by Gasteiger charge is -2.32. The number of pyridine rings is 1. The molecule has 2 aromatic heterocycles. The Kier molecular flexibility index (Phi) is 3.36. The Bertz CT molecular complexity index is 718. The van der Waals surface area contributed by atoms with Gasteiger partial charge in [-0.15, -0.1) is 0 Å². The van der Waals surface area contributed by atoms with Crippen LogP contribution in [0.4, 0.5) is 10.5 Å². The zero-order valence-corrected chi connectivity index (χ0v) is 11.3. The predicted octanol–water partition coefficient (Wildman–Crippen LogP) is 1.99. The summed E-state index contributed by atoms with van der Waals surface area (Å²) in [6, 6.07) is 4.00. The van der Waals surface area contributed by atoms with Gasteiger partial charge in [0.2, 0.25) is 0 Å². The molecule has 0 saturated carbocycles. The molecule has 0 bridgehead atoms. The fraction of sp³-hybridized carbons (Fsp3) is 0.357. The van der Waals surface area contributed by atoms with Crippen molar-refractivity contribution in [3.05, 3.63) is 24.0 Å². The number of likely N-dealkylation sites (tertiary alicyclic amines) is 1. The van der Waals surface area contributed by atoms with Gasteiger partial charge < -0.3 is 20.3 Å². The van der Waals surface area contributed by atoms with Crippen LogP contribution >= 0.6 is 0 Å². The van der Waals surface area contributed by atoms with Gasteiger partial charge in [-0.1, -0.05) is 0 Å². The quantitative estimate of drug-likeness (QED) is 0.782. The second-order valence-corrected chi connectivity index (χ2v) is 5.11. The molecule has 108 valence electrons. The summed E-state index contributed by atoms with van der Waals surface area (Å²) >= 11 is 0. The Hall–Kier alpha value is -2.75. The van der Waals surface area contributed by atoms with Gasteiger partial charge in [0.15, 0.2) is 0 Å². The van der Waals surface area contributed by atoms with Crippen LogP contribution in [-0.4, -0.2) is 45.2 Å². The lowest BCUT2D eigenvalue weighted by molar-refractivity contribution is 0.133. The number of hydrogen-bond donors (Lipinski definition) is 3. The van der Waals surface area contributed by atoms with E-state index < -0.39 is 6.09 Å². The van der Waals surface area contributed by atoms with E-state index in [1.165, 1.54) is 11.1 Å². The van der Waals surface area contributed by atoms with Crippen molar-refractivity contribution in [3.8, 4) is 6.07 Å². The average molecular weight is 285 g/mol. The number of nitriles is 1. The summed E-state index contributed by atoms with van der Waals surface area (Å²) in [5.74, 6) is 0. The van der Waals surface area contributed by atoms with Crippen molar-refractivity contribution in [2.45, 2.75) is 18.9 Å². The van der Waals surface area contributed by atoms with E-state index in [2.05, 4.69) is 21.4 Å². The van der Waals surface area contributed by atoms with E-state index >= 15 is 0 Å². The Labute approximate surface area is 121 Å². The number of amides is 1. The van der Waals surface area contributed by atoms with Crippen molar-refractivity contribution >= 4 is 22.8 Å². The molecule has 2 aromatic rings. The van der Waals surface area contributed by atoms with Crippen LogP contribution in [0.25, 0.3) is 11.0 Å². The summed E-state index contributed by atoms with van der Waals surface area (Å²) in [6.07, 6.45) is 4.09. The summed E-state index contributed by atoms with van der Waals surface area (Å²) in [4.78, 5) is 19.7. The molecule has 0 spiro atoms. The van der Waals surface area contributed by atoms with Gasteiger partial charge in [-0.2, -0.15) is 5.26 Å². The molecule has 3 heterocycles. The molecule has 1 saturated heterocycles. The molecule has 1 atom stereocenters. The van der Waals surface area contributed by atoms with Gasteiger partial charge in [0, 0.05) is 36.9 Å². The number of carbonyl (C=O) groups is 1. The maximum absolute atomic E-state index is 11.1. The third-order valence-electron chi connectivity index (χ3n) is 3.75. The summed E-state index contributed by atoms with van der Waals surface area (Å²) in [7, 11) is 0. The number of rotatable bonds is 2. The van der Waals surface area contributed by atoms with Crippen molar-refractivity contribution in [1.29, 1.82) is 5.26 Å². The molecule has 1 amide bonds. The first kappa shape index (κ1) is 13.2. The topological polar surface area (TPSA) is 105 Å². The molecule has 7 nitrogen and oxygen atoms in total. The first-order valence-electron chi connectivity index (χ1n) is 6.79. The van der Waals surface area contributed by atoms with Gasteiger partial charge in [0.25, 0.3) is 0 Å². The van der Waals surface area contributed by atoms with E-state index in [1.54, 1.807) is 6.20 Å². The molecular formula is C14H15N5O2. The molecule has 21 heavy (non-hydrogen) atoms. The van der Waals surface area contributed by atoms with Gasteiger partial charge in [-0.3, -0.25) is 0 Å². The highest BCUT2D eigenvalue weighted by Gasteiger charge is 2.24. The number of nitrogens with one attached hydrogen (secondary N) is 2. The van der Waals surface area contributed by atoms with Gasteiger partial charge >= 0.3 is 6.09 Å². The van der Waals surface area contributed by atoms with Gasteiger partial charge in [-0.05, 0) is 18.9 Å². The SMILES string of the molecule is N#Cc1cnc2[nH]ccc2c1NC1CCCN(C(=O)O)C1. The number of H-pyrrole nitrogens is 1. The van der Waals surface area contributed by atoms with E-state index in [0.29, 0.717) is 24.3 Å². The number of piperidine rings is 1. The minimum Gasteiger partial charge on any atom is -0.465 e. The second kappa shape index (κ2) is 5.32. The molecule has 3 rings (SSSR count). The maximum atomic E-state index is 11.1. The standard InChI is InChI=1S/C14H15N5O2/c15-6-9-7-17-13-11(3-4-16-13)12(9)18-10-2-1-5-19(8-10)14(20)21/h3-4,7,10H,1-2,5,8H2,(H,20,21)(H2,16,17,18). The normalized spacial score (nSPS) is 18.4. The Morgan fingerprint density at radius 3 is 3.24 bits per heavy atom. The number of anilines is 1. The molecule has 1 fully saturated rings. The first-order valence-corrected chi connectivity index (χ1v) is 6.79. The Morgan fingerprint density at radius 1 is 1.62 bits per heavy atom. The molecule has 1 aliphatic heterocycles. The van der Waals surface area contributed by atoms with Crippen LogP contribution in [0.2, 0.25) is 0 Å². The van der Waals surface area contributed by atoms with Crippen molar-refractivity contribution in [1.82, 2.24) is 14.9 Å². The largest absolute Gasteiger partial charge is 0.465 e. The van der Waals surface area contributed by atoms with Crippen LogP contribution in [0.3, 0.4) is 0 Å². The number of nitrogens with zero attached hydrogens (tertiary/aromatic N) is 3. The number of fused-ring (bicyclic) bond motifs is 1. The van der Waals surface area contributed by atoms with Crippen molar-refractivity contribution in [3.63, 3.8) is 0 Å². The minimum atomic E-state index is -0.900. The highest BCUT2D eigenvalue weighted by molar-refractivity contribution is 5.92. The predicted molar refractivity (Wildman–Crippen MR) is 77.1 cm³/mol. The summed E-state index contributed by atoms with van der Waals surface area (Å²) in [5, 5.41) is 22.5. The zero-order chi connectivity index (χ0) is 14.8. The van der Waals surface area contributed by atoms with Crippen LogP contribution in [-0.2, 0) is 0 Å². The molecule has 1 unspecified atom stereocenters. The van der Waals surface area contributed by atoms with E-state index in [-0.39, 0.29) is 6.04 Å². The summed E-state index contributed by atoms with van der Waals surface area (Å²) in [6.45, 7) is 0.989. The Balaban J connectivity index is 1.89. The van der Waals surface area contributed by atoms with Crippen LogP contribution < -0.4 is 5.32 Å². The first-order chi connectivity index (χ1) is 10.2. The molecule has 0 aliphatic carbocycles. The van der Waals surface area contributed by atoms with Gasteiger partial charge in [-0.25, -0.2) is 9.78 Å². The molecule has 0 aromatic carbocycles. The number of hydrogen-bond acceptors (Lipinski definition) is 4. The number of carboxylic acid groups (broad SMARTS) is 1. The zero-order valence-electron chi connectivity index (χ0n) is 11.3. The van der Waals surface area contributed by atoms with Crippen LogP contribution in [0, 0.1) is 11.3 Å². The van der Waals surface area contributed by atoms with Crippen LogP contribution in [0.1, 0.15) is 18.4 Å². The molecule has 0 radical (unpaired) electrons. The maximum Gasteiger partial charge on any atom is 0.407 e. The van der Waals surface area contributed by atoms with E-state index in [4.69, 9.17) is 5.11 Å². The monoisotopic (exact) mass is 285 g/mol. The molecular weight excluding hydrogens is 270 g/mol. The fourth-order valence-corrected chi connectivity index (χ4v) is 2.72. The van der Waals surface area contributed by atoms with E-state index in [1.807, 2.05) is 6.07 Å². The Morgan fingerprint density at radius 2 is 2.48 bits per heavy atom. The summed E-state index contributed by atoms with van der Waals surface area (Å²) < 4.78 is 0. The fourth-order valence-electron chi connectivity index (χ4n) is 2.72. The third-order valence-corrected chi connectivity index (χ3v) is 3.75. The van der Waals surface area contributed by atoms with Gasteiger partial charge in [0.05, 0.1) is 11.3 Å². The van der Waals surface area contributed by atoms with Crippen molar-refractivity contribution in [2.75, 3.05) is 18.4 Å². The van der Waals surface area contributed by atoms with Gasteiger partial charge in [0.1, 0.15) is 11.7 Å². The number of aromatic amines is 1. The summed E-state index contributed by atoms with van der Waals surface area (Å²) in [5.41, 5.74) is 1.90. The van der Waals surface area contributed by atoms with E-state index in [9.17, 15) is 10.1 Å². The second-order valence-electron chi connectivity index (χ2n) is 5.11. The van der Waals surface area contributed by atoms with Crippen LogP contribution in [0.15, 0.2) is 18.5 Å². The molecule has 3 N–H and O–H groups in total. The highest BCUT2D eigenvalue weighted by Crippen LogP contribution is 2.27. The minimum absolute atomic E-state index is 0.00227.